The maximum Gasteiger partial charge on any atom is 0.221 e. The van der Waals surface area contributed by atoms with Gasteiger partial charge in [0.05, 0.1) is 12.2 Å². The van der Waals surface area contributed by atoms with Gasteiger partial charge < -0.3 is 5.32 Å². The zero-order valence-electron chi connectivity index (χ0n) is 10.3. The van der Waals surface area contributed by atoms with E-state index < -0.39 is 0 Å². The number of aromatic nitrogens is 2. The second-order valence-electron chi connectivity index (χ2n) is 3.84. The van der Waals surface area contributed by atoms with Crippen molar-refractivity contribution in [2.45, 2.75) is 26.3 Å². The van der Waals surface area contributed by atoms with Gasteiger partial charge in [-0.15, -0.1) is 0 Å². The fourth-order valence-corrected chi connectivity index (χ4v) is 1.92. The smallest absolute Gasteiger partial charge is 0.221 e. The average molecular weight is 241 g/mol. The summed E-state index contributed by atoms with van der Waals surface area (Å²) in [6.45, 7) is 3.99. The van der Waals surface area contributed by atoms with Crippen molar-refractivity contribution in [3.8, 4) is 0 Å². The Bertz CT molecular complexity index is 362. The fraction of sp³-hybridized carbons (Fsp3) is 0.636. The van der Waals surface area contributed by atoms with Crippen molar-refractivity contribution in [3.63, 3.8) is 0 Å². The van der Waals surface area contributed by atoms with Crippen LogP contribution in [0.5, 0.6) is 0 Å². The molecule has 1 unspecified atom stereocenters. The zero-order valence-corrected chi connectivity index (χ0v) is 11.1. The lowest BCUT2D eigenvalue weighted by molar-refractivity contribution is -0.121. The average Bonchev–Trinajstić information content (AvgIpc) is 2.57. The molecule has 1 aromatic rings. The number of hydrogen-bond donors (Lipinski definition) is 1. The van der Waals surface area contributed by atoms with Crippen LogP contribution in [0.4, 0.5) is 0 Å². The van der Waals surface area contributed by atoms with Gasteiger partial charge in [-0.2, -0.15) is 16.9 Å². The van der Waals surface area contributed by atoms with Crippen LogP contribution in [0.1, 0.15) is 30.6 Å². The molecular weight excluding hydrogens is 222 g/mol. The van der Waals surface area contributed by atoms with E-state index in [9.17, 15) is 4.79 Å². The summed E-state index contributed by atoms with van der Waals surface area (Å²) in [7, 11) is 1.90. The highest BCUT2D eigenvalue weighted by atomic mass is 32.2. The van der Waals surface area contributed by atoms with E-state index in [2.05, 4.69) is 10.4 Å². The Hall–Kier alpha value is -0.970. The minimum Gasteiger partial charge on any atom is -0.349 e. The number of rotatable bonds is 5. The van der Waals surface area contributed by atoms with Gasteiger partial charge in [-0.1, -0.05) is 0 Å². The third-order valence-electron chi connectivity index (χ3n) is 2.65. The minimum absolute atomic E-state index is 0.0306. The van der Waals surface area contributed by atoms with Crippen molar-refractivity contribution in [2.75, 3.05) is 12.0 Å². The first-order chi connectivity index (χ1) is 7.56. The SMILES string of the molecule is CSCCC(=O)NC(C)c1cnn(C)c1C. The van der Waals surface area contributed by atoms with Crippen molar-refractivity contribution >= 4 is 17.7 Å². The molecule has 1 heterocycles. The summed E-state index contributed by atoms with van der Waals surface area (Å²) in [5.74, 6) is 0.968. The zero-order chi connectivity index (χ0) is 12.1. The normalized spacial score (nSPS) is 12.5. The molecule has 0 aliphatic heterocycles. The molecule has 16 heavy (non-hydrogen) atoms. The van der Waals surface area contributed by atoms with Gasteiger partial charge in [0.1, 0.15) is 0 Å². The van der Waals surface area contributed by atoms with E-state index in [0.717, 1.165) is 17.0 Å². The largest absolute Gasteiger partial charge is 0.349 e. The van der Waals surface area contributed by atoms with Gasteiger partial charge in [-0.3, -0.25) is 9.48 Å². The van der Waals surface area contributed by atoms with Gasteiger partial charge in [-0.05, 0) is 20.1 Å². The summed E-state index contributed by atoms with van der Waals surface area (Å²) in [6, 6.07) is 0.0306. The number of carbonyl (C=O) groups excluding carboxylic acids is 1. The molecule has 0 radical (unpaired) electrons. The lowest BCUT2D eigenvalue weighted by Crippen LogP contribution is -2.27. The van der Waals surface area contributed by atoms with E-state index in [4.69, 9.17) is 0 Å². The molecule has 0 aliphatic rings. The van der Waals surface area contributed by atoms with E-state index in [-0.39, 0.29) is 11.9 Å². The molecule has 1 N–H and O–H groups in total. The number of hydrogen-bond acceptors (Lipinski definition) is 3. The van der Waals surface area contributed by atoms with Gasteiger partial charge in [0.2, 0.25) is 5.91 Å². The predicted octanol–water partition coefficient (Wildman–Crippen LogP) is 1.66. The number of nitrogens with zero attached hydrogens (tertiary/aromatic N) is 2. The Balaban J connectivity index is 2.55. The molecule has 0 spiro atoms. The number of thioether (sulfide) groups is 1. The molecule has 0 aliphatic carbocycles. The van der Waals surface area contributed by atoms with E-state index in [1.54, 1.807) is 11.8 Å². The molecule has 0 saturated carbocycles. The first-order valence-electron chi connectivity index (χ1n) is 5.33. The molecule has 4 nitrogen and oxygen atoms in total. The molecular formula is C11H19N3OS. The van der Waals surface area contributed by atoms with Crippen LogP contribution in [0.15, 0.2) is 6.20 Å². The molecule has 1 rings (SSSR count). The third-order valence-corrected chi connectivity index (χ3v) is 3.26. The first-order valence-corrected chi connectivity index (χ1v) is 6.72. The number of carbonyl (C=O) groups is 1. The predicted molar refractivity (Wildman–Crippen MR) is 67.5 cm³/mol. The summed E-state index contributed by atoms with van der Waals surface area (Å²) in [5.41, 5.74) is 2.18. The van der Waals surface area contributed by atoms with Gasteiger partial charge in [0.15, 0.2) is 0 Å². The van der Waals surface area contributed by atoms with Crippen LogP contribution < -0.4 is 5.32 Å². The lowest BCUT2D eigenvalue weighted by atomic mass is 10.1. The highest BCUT2D eigenvalue weighted by Gasteiger charge is 2.13. The summed E-state index contributed by atoms with van der Waals surface area (Å²) in [5, 5.41) is 7.15. The maximum absolute atomic E-state index is 11.6. The second-order valence-corrected chi connectivity index (χ2v) is 4.83. The Kier molecular flexibility index (Phi) is 4.86. The molecule has 1 atom stereocenters. The van der Waals surface area contributed by atoms with E-state index in [1.807, 2.05) is 38.0 Å². The second kappa shape index (κ2) is 5.94. The van der Waals surface area contributed by atoms with Crippen LogP contribution in [0, 0.1) is 6.92 Å². The highest BCUT2D eigenvalue weighted by Crippen LogP contribution is 2.15. The third kappa shape index (κ3) is 3.27. The van der Waals surface area contributed by atoms with Crippen LogP contribution in [0.3, 0.4) is 0 Å². The Morgan fingerprint density at radius 3 is 2.88 bits per heavy atom. The molecule has 90 valence electrons. The Labute approximate surface area is 101 Å². The molecule has 0 fully saturated rings. The summed E-state index contributed by atoms with van der Waals surface area (Å²) < 4.78 is 1.82. The summed E-state index contributed by atoms with van der Waals surface area (Å²) in [4.78, 5) is 11.6. The van der Waals surface area contributed by atoms with Crippen LogP contribution in [-0.2, 0) is 11.8 Å². The van der Waals surface area contributed by atoms with Gasteiger partial charge in [-0.25, -0.2) is 0 Å². The topological polar surface area (TPSA) is 46.9 Å². The van der Waals surface area contributed by atoms with Crippen molar-refractivity contribution in [3.05, 3.63) is 17.5 Å². The van der Waals surface area contributed by atoms with Crippen molar-refractivity contribution in [1.29, 1.82) is 0 Å². The van der Waals surface area contributed by atoms with Crippen LogP contribution >= 0.6 is 11.8 Å². The van der Waals surface area contributed by atoms with Gasteiger partial charge >= 0.3 is 0 Å². The lowest BCUT2D eigenvalue weighted by Gasteiger charge is -2.13. The molecule has 0 aromatic carbocycles. The van der Waals surface area contributed by atoms with Crippen molar-refractivity contribution in [2.24, 2.45) is 7.05 Å². The first kappa shape index (κ1) is 13.1. The molecule has 1 aromatic heterocycles. The van der Waals surface area contributed by atoms with Crippen LogP contribution in [0.25, 0.3) is 0 Å². The Morgan fingerprint density at radius 2 is 2.38 bits per heavy atom. The van der Waals surface area contributed by atoms with Gasteiger partial charge in [0.25, 0.3) is 0 Å². The van der Waals surface area contributed by atoms with Crippen molar-refractivity contribution in [1.82, 2.24) is 15.1 Å². The molecule has 0 saturated heterocycles. The highest BCUT2D eigenvalue weighted by molar-refractivity contribution is 7.98. The number of amides is 1. The van der Waals surface area contributed by atoms with Crippen LogP contribution in [0.2, 0.25) is 0 Å². The Morgan fingerprint density at radius 1 is 1.69 bits per heavy atom. The minimum atomic E-state index is 0.0306. The summed E-state index contributed by atoms with van der Waals surface area (Å²) >= 11 is 1.68. The number of nitrogens with one attached hydrogen (secondary N) is 1. The monoisotopic (exact) mass is 241 g/mol. The molecule has 1 amide bonds. The van der Waals surface area contributed by atoms with Crippen LogP contribution in [-0.4, -0.2) is 27.7 Å². The number of aryl methyl sites for hydroxylation is 1. The maximum atomic E-state index is 11.6. The molecule has 0 bridgehead atoms. The fourth-order valence-electron chi connectivity index (χ4n) is 1.53. The van der Waals surface area contributed by atoms with Gasteiger partial charge in [0, 0.05) is 30.5 Å². The quantitative estimate of drug-likeness (QED) is 0.853. The summed E-state index contributed by atoms with van der Waals surface area (Å²) in [6.07, 6.45) is 4.39. The van der Waals surface area contributed by atoms with E-state index >= 15 is 0 Å². The molecule has 5 heteroatoms. The van der Waals surface area contributed by atoms with E-state index in [0.29, 0.717) is 6.42 Å². The standard InChI is InChI=1S/C11H19N3OS/c1-8(13-11(15)5-6-16-4)10-7-12-14(3)9(10)2/h7-8H,5-6H2,1-4H3,(H,13,15). The van der Waals surface area contributed by atoms with E-state index in [1.165, 1.54) is 0 Å². The van der Waals surface area contributed by atoms with Crippen molar-refractivity contribution < 1.29 is 4.79 Å².